The third kappa shape index (κ3) is 6.40. The summed E-state index contributed by atoms with van der Waals surface area (Å²) < 4.78 is 2.12. The summed E-state index contributed by atoms with van der Waals surface area (Å²) in [4.78, 5) is 44.1. The zero-order valence-electron chi connectivity index (χ0n) is 21.2. The molecule has 0 spiro atoms. The van der Waals surface area contributed by atoms with Gasteiger partial charge in [-0.25, -0.2) is 0 Å². The number of aromatic nitrogens is 1. The van der Waals surface area contributed by atoms with E-state index in [4.69, 9.17) is 0 Å². The standard InChI is InChI=1S/C25H33N7O3S/c1-5-27-23(34)20(15-26)25-32(6-2)24(35)21(36-25)16-28-18-8-7-9-19(14-18)30(4)22(33)17-31-12-10-29(3)11-13-31/h7-9,14,16,28H,5-6,10-13,17H2,1-4H3,(H,27,34)/b21-16+,25-20-. The number of piperazine rings is 1. The first kappa shape index (κ1) is 27.1. The molecule has 1 fully saturated rings. The highest BCUT2D eigenvalue weighted by molar-refractivity contribution is 7.07. The highest BCUT2D eigenvalue weighted by Gasteiger charge is 2.19. The Bertz CT molecular complexity index is 1320. The van der Waals surface area contributed by atoms with Crippen LogP contribution < -0.4 is 30.3 Å². The van der Waals surface area contributed by atoms with E-state index in [0.717, 1.165) is 43.2 Å². The number of nitrogens with one attached hydrogen (secondary N) is 2. The van der Waals surface area contributed by atoms with Crippen molar-refractivity contribution in [3.8, 4) is 6.07 Å². The van der Waals surface area contributed by atoms with E-state index in [9.17, 15) is 19.6 Å². The molecule has 2 aromatic rings. The molecule has 0 bridgehead atoms. The highest BCUT2D eigenvalue weighted by atomic mass is 32.1. The van der Waals surface area contributed by atoms with Crippen LogP contribution in [0.1, 0.15) is 13.8 Å². The van der Waals surface area contributed by atoms with Gasteiger partial charge in [0.1, 0.15) is 15.3 Å². The van der Waals surface area contributed by atoms with E-state index in [2.05, 4.69) is 27.5 Å². The highest BCUT2D eigenvalue weighted by Crippen LogP contribution is 2.19. The number of nitriles is 1. The van der Waals surface area contributed by atoms with Crippen molar-refractivity contribution in [2.24, 2.45) is 0 Å². The van der Waals surface area contributed by atoms with Crippen LogP contribution in [0.4, 0.5) is 11.4 Å². The molecule has 0 radical (unpaired) electrons. The number of hydrogen-bond donors (Lipinski definition) is 2. The lowest BCUT2D eigenvalue weighted by atomic mass is 10.2. The van der Waals surface area contributed by atoms with E-state index in [1.165, 1.54) is 4.57 Å². The van der Waals surface area contributed by atoms with Crippen molar-refractivity contribution in [2.75, 3.05) is 63.6 Å². The van der Waals surface area contributed by atoms with Crippen LogP contribution in [0.15, 0.2) is 29.1 Å². The first-order chi connectivity index (χ1) is 17.3. The van der Waals surface area contributed by atoms with Crippen molar-refractivity contribution >= 4 is 46.3 Å². The van der Waals surface area contributed by atoms with Crippen LogP contribution in [0.25, 0.3) is 11.8 Å². The Labute approximate surface area is 214 Å². The maximum atomic E-state index is 12.9. The van der Waals surface area contributed by atoms with E-state index in [0.29, 0.717) is 34.5 Å². The van der Waals surface area contributed by atoms with Crippen molar-refractivity contribution in [2.45, 2.75) is 20.4 Å². The number of carbonyl (C=O) groups excluding carboxylic acids is 2. The number of thiazole rings is 1. The number of benzene rings is 1. The van der Waals surface area contributed by atoms with Gasteiger partial charge in [0.25, 0.3) is 11.5 Å². The van der Waals surface area contributed by atoms with Gasteiger partial charge >= 0.3 is 0 Å². The molecule has 3 rings (SSSR count). The van der Waals surface area contributed by atoms with Crippen LogP contribution >= 0.6 is 11.3 Å². The third-order valence-electron chi connectivity index (χ3n) is 6.05. The summed E-state index contributed by atoms with van der Waals surface area (Å²) in [6, 6.07) is 9.31. The zero-order chi connectivity index (χ0) is 26.2. The molecule has 2 heterocycles. The molecule has 1 aromatic carbocycles. The topological polar surface area (TPSA) is 114 Å². The minimum Gasteiger partial charge on any atom is -0.360 e. The molecule has 1 aliphatic heterocycles. The van der Waals surface area contributed by atoms with E-state index >= 15 is 0 Å². The molecule has 0 unspecified atom stereocenters. The lowest BCUT2D eigenvalue weighted by molar-refractivity contribution is -0.120. The van der Waals surface area contributed by atoms with Gasteiger partial charge in [-0.05, 0) is 39.1 Å². The van der Waals surface area contributed by atoms with Crippen molar-refractivity contribution in [3.05, 3.63) is 43.8 Å². The number of amides is 2. The average molecular weight is 512 g/mol. The lowest BCUT2D eigenvalue weighted by Crippen LogP contribution is -2.48. The van der Waals surface area contributed by atoms with E-state index in [-0.39, 0.29) is 17.0 Å². The number of rotatable bonds is 8. The summed E-state index contributed by atoms with van der Waals surface area (Å²) in [5.41, 5.74) is 1.08. The fraction of sp³-hybridized carbons (Fsp3) is 0.440. The molecule has 2 amide bonds. The smallest absolute Gasteiger partial charge is 0.270 e. The Kier molecular flexibility index (Phi) is 9.41. The molecule has 1 aliphatic rings. The summed E-state index contributed by atoms with van der Waals surface area (Å²) in [5.74, 6) is -0.487. The summed E-state index contributed by atoms with van der Waals surface area (Å²) in [6.07, 6.45) is 1.57. The number of hydrogen-bond acceptors (Lipinski definition) is 8. The van der Waals surface area contributed by atoms with Crippen molar-refractivity contribution < 1.29 is 9.59 Å². The molecule has 0 atom stereocenters. The molecular formula is C25H33N7O3S. The normalized spacial score (nSPS) is 15.8. The van der Waals surface area contributed by atoms with Gasteiger partial charge < -0.3 is 20.4 Å². The third-order valence-corrected chi connectivity index (χ3v) is 7.18. The maximum absolute atomic E-state index is 12.9. The Balaban J connectivity index is 1.82. The SMILES string of the molecule is CCNC(=O)/C(C#N)=c1\s/c(=C/Nc2cccc(N(C)C(=O)CN3CCN(C)CC3)c2)c(=O)n1CC. The summed E-state index contributed by atoms with van der Waals surface area (Å²) in [7, 11) is 3.84. The van der Waals surface area contributed by atoms with Gasteiger partial charge in [0, 0.05) is 63.9 Å². The largest absolute Gasteiger partial charge is 0.360 e. The predicted molar refractivity (Wildman–Crippen MR) is 143 cm³/mol. The fourth-order valence-corrected chi connectivity index (χ4v) is 4.92. The molecule has 11 heteroatoms. The van der Waals surface area contributed by atoms with Crippen LogP contribution in [0, 0.1) is 11.3 Å². The number of carbonyl (C=O) groups is 2. The predicted octanol–water partition coefficient (Wildman–Crippen LogP) is -0.200. The van der Waals surface area contributed by atoms with Gasteiger partial charge in [0.15, 0.2) is 5.57 Å². The van der Waals surface area contributed by atoms with E-state index in [1.807, 2.05) is 30.3 Å². The van der Waals surface area contributed by atoms with Crippen LogP contribution in [-0.4, -0.2) is 79.5 Å². The van der Waals surface area contributed by atoms with Gasteiger partial charge in [-0.1, -0.05) is 6.07 Å². The Morgan fingerprint density at radius 2 is 1.94 bits per heavy atom. The van der Waals surface area contributed by atoms with Gasteiger partial charge in [0.05, 0.1) is 6.54 Å². The van der Waals surface area contributed by atoms with Gasteiger partial charge in [-0.3, -0.25) is 23.9 Å². The molecule has 1 aromatic heterocycles. The quantitative estimate of drug-likeness (QED) is 0.505. The molecule has 10 nitrogen and oxygen atoms in total. The van der Waals surface area contributed by atoms with Crippen LogP contribution in [0.2, 0.25) is 0 Å². The monoisotopic (exact) mass is 511 g/mol. The number of anilines is 2. The second-order valence-electron chi connectivity index (χ2n) is 8.54. The molecule has 0 saturated carbocycles. The lowest BCUT2D eigenvalue weighted by Gasteiger charge is -2.32. The second-order valence-corrected chi connectivity index (χ2v) is 9.57. The molecule has 0 aliphatic carbocycles. The van der Waals surface area contributed by atoms with E-state index < -0.39 is 5.91 Å². The van der Waals surface area contributed by atoms with Crippen LogP contribution in [0.3, 0.4) is 0 Å². The molecule has 36 heavy (non-hydrogen) atoms. The van der Waals surface area contributed by atoms with Crippen LogP contribution in [-0.2, 0) is 16.1 Å². The number of nitrogens with zero attached hydrogens (tertiary/aromatic N) is 5. The fourth-order valence-electron chi connectivity index (χ4n) is 3.84. The first-order valence-corrected chi connectivity index (χ1v) is 12.8. The maximum Gasteiger partial charge on any atom is 0.270 e. The van der Waals surface area contributed by atoms with Crippen molar-refractivity contribution in [1.82, 2.24) is 19.7 Å². The van der Waals surface area contributed by atoms with Gasteiger partial charge in [-0.15, -0.1) is 11.3 Å². The summed E-state index contributed by atoms with van der Waals surface area (Å²) in [6.45, 7) is 8.29. The van der Waals surface area contributed by atoms with Crippen LogP contribution in [0.5, 0.6) is 0 Å². The molecule has 2 N–H and O–H groups in total. The van der Waals surface area contributed by atoms with Crippen molar-refractivity contribution in [3.63, 3.8) is 0 Å². The zero-order valence-corrected chi connectivity index (χ0v) is 22.0. The number of likely N-dealkylation sites (N-methyl/N-ethyl adjacent to an activating group) is 2. The molecular weight excluding hydrogens is 478 g/mol. The van der Waals surface area contributed by atoms with Gasteiger partial charge in [0.2, 0.25) is 5.91 Å². The molecule has 1 saturated heterocycles. The second kappa shape index (κ2) is 12.5. The molecule has 192 valence electrons. The minimum atomic E-state index is -0.500. The minimum absolute atomic E-state index is 0.0133. The summed E-state index contributed by atoms with van der Waals surface area (Å²) >= 11 is 1.09. The van der Waals surface area contributed by atoms with Gasteiger partial charge in [-0.2, -0.15) is 5.26 Å². The first-order valence-electron chi connectivity index (χ1n) is 12.0. The van der Waals surface area contributed by atoms with E-state index in [1.54, 1.807) is 32.0 Å². The summed E-state index contributed by atoms with van der Waals surface area (Å²) in [5, 5.41) is 15.3. The Morgan fingerprint density at radius 3 is 2.58 bits per heavy atom. The average Bonchev–Trinajstić information content (AvgIpc) is 3.19. The Hall–Kier alpha value is -3.46. The Morgan fingerprint density at radius 1 is 1.22 bits per heavy atom. The van der Waals surface area contributed by atoms with Crippen molar-refractivity contribution in [1.29, 1.82) is 5.26 Å².